The molecule has 0 saturated heterocycles. The number of carbonyl (C=O) groups excluding carboxylic acids is 1. The number of hydrogen-bond donors (Lipinski definition) is 0. The lowest BCUT2D eigenvalue weighted by Crippen LogP contribution is -2.37. The summed E-state index contributed by atoms with van der Waals surface area (Å²) in [6, 6.07) is 7.87. The molecule has 0 fully saturated rings. The molecule has 0 aromatic heterocycles. The van der Waals surface area contributed by atoms with Crippen molar-refractivity contribution in [2.45, 2.75) is 12.8 Å². The fourth-order valence-electron chi connectivity index (χ4n) is 1.93. The maximum absolute atomic E-state index is 12.0. The maximum atomic E-state index is 12.0. The number of rotatable bonds is 3. The van der Waals surface area contributed by atoms with Crippen LogP contribution >= 0.6 is 0 Å². The van der Waals surface area contributed by atoms with Crippen LogP contribution in [0.4, 0.5) is 0 Å². The molecule has 15 heavy (non-hydrogen) atoms. The molecule has 78 valence electrons. The second-order valence-corrected chi connectivity index (χ2v) is 3.78. The molecule has 0 atom stereocenters. The van der Waals surface area contributed by atoms with Gasteiger partial charge in [0.25, 0.3) is 5.91 Å². The first kappa shape index (κ1) is 9.97. The SMILES string of the molecule is C=CCCN1CCc2ccccc2C1=O. The summed E-state index contributed by atoms with van der Waals surface area (Å²) < 4.78 is 0. The lowest BCUT2D eigenvalue weighted by Gasteiger charge is -2.28. The van der Waals surface area contributed by atoms with Crippen LogP contribution in [0.3, 0.4) is 0 Å². The number of amides is 1. The van der Waals surface area contributed by atoms with Gasteiger partial charge >= 0.3 is 0 Å². The van der Waals surface area contributed by atoms with Crippen molar-refractivity contribution in [3.05, 3.63) is 48.0 Å². The smallest absolute Gasteiger partial charge is 0.254 e. The number of benzene rings is 1. The molecule has 1 aliphatic heterocycles. The summed E-state index contributed by atoms with van der Waals surface area (Å²) in [5.74, 6) is 0.165. The lowest BCUT2D eigenvalue weighted by molar-refractivity contribution is 0.0743. The molecular formula is C13H15NO. The van der Waals surface area contributed by atoms with Crippen LogP contribution in [-0.4, -0.2) is 23.9 Å². The van der Waals surface area contributed by atoms with Crippen molar-refractivity contribution in [1.29, 1.82) is 0 Å². The monoisotopic (exact) mass is 201 g/mol. The van der Waals surface area contributed by atoms with Crippen molar-refractivity contribution >= 4 is 5.91 Å². The molecular weight excluding hydrogens is 186 g/mol. The highest BCUT2D eigenvalue weighted by Crippen LogP contribution is 2.18. The van der Waals surface area contributed by atoms with Crippen molar-refractivity contribution in [3.63, 3.8) is 0 Å². The molecule has 0 N–H and O–H groups in total. The van der Waals surface area contributed by atoms with Crippen molar-refractivity contribution in [3.8, 4) is 0 Å². The Bertz CT molecular complexity index is 384. The molecule has 0 saturated carbocycles. The fraction of sp³-hybridized carbons (Fsp3) is 0.308. The molecule has 1 aromatic rings. The third kappa shape index (κ3) is 1.94. The van der Waals surface area contributed by atoms with E-state index < -0.39 is 0 Å². The van der Waals surface area contributed by atoms with Gasteiger partial charge in [-0.3, -0.25) is 4.79 Å². The molecule has 1 amide bonds. The Hall–Kier alpha value is -1.57. The van der Waals surface area contributed by atoms with Crippen LogP contribution < -0.4 is 0 Å². The van der Waals surface area contributed by atoms with Crippen LogP contribution in [0.15, 0.2) is 36.9 Å². The predicted octanol–water partition coefficient (Wildman–Crippen LogP) is 2.26. The summed E-state index contributed by atoms with van der Waals surface area (Å²) in [7, 11) is 0. The van der Waals surface area contributed by atoms with Gasteiger partial charge < -0.3 is 4.90 Å². The van der Waals surface area contributed by atoms with Crippen LogP contribution in [0, 0.1) is 0 Å². The summed E-state index contributed by atoms with van der Waals surface area (Å²) in [4.78, 5) is 13.9. The van der Waals surface area contributed by atoms with E-state index >= 15 is 0 Å². The normalized spacial score (nSPS) is 14.9. The van der Waals surface area contributed by atoms with Gasteiger partial charge in [-0.05, 0) is 24.5 Å². The average molecular weight is 201 g/mol. The van der Waals surface area contributed by atoms with Gasteiger partial charge in [0.05, 0.1) is 0 Å². The van der Waals surface area contributed by atoms with Gasteiger partial charge in [0.15, 0.2) is 0 Å². The topological polar surface area (TPSA) is 20.3 Å². The highest BCUT2D eigenvalue weighted by Gasteiger charge is 2.22. The first-order valence-corrected chi connectivity index (χ1v) is 5.31. The summed E-state index contributed by atoms with van der Waals surface area (Å²) in [6.07, 6.45) is 3.70. The zero-order chi connectivity index (χ0) is 10.7. The van der Waals surface area contributed by atoms with Gasteiger partial charge in [-0.25, -0.2) is 0 Å². The summed E-state index contributed by atoms with van der Waals surface area (Å²) >= 11 is 0. The fourth-order valence-corrected chi connectivity index (χ4v) is 1.93. The van der Waals surface area contributed by atoms with Gasteiger partial charge in [-0.15, -0.1) is 6.58 Å². The molecule has 1 heterocycles. The Labute approximate surface area is 90.2 Å². The van der Waals surface area contributed by atoms with E-state index in [9.17, 15) is 4.79 Å². The summed E-state index contributed by atoms with van der Waals surface area (Å²) in [5, 5.41) is 0. The Balaban J connectivity index is 2.18. The standard InChI is InChI=1S/C13H15NO/c1-2-3-9-14-10-8-11-6-4-5-7-12(11)13(14)15/h2,4-7H,1,3,8-10H2. The van der Waals surface area contributed by atoms with E-state index in [0.29, 0.717) is 0 Å². The van der Waals surface area contributed by atoms with Gasteiger partial charge in [0.2, 0.25) is 0 Å². The number of hydrogen-bond acceptors (Lipinski definition) is 1. The molecule has 1 aliphatic rings. The minimum absolute atomic E-state index is 0.165. The summed E-state index contributed by atoms with van der Waals surface area (Å²) in [5.41, 5.74) is 2.05. The van der Waals surface area contributed by atoms with E-state index in [4.69, 9.17) is 0 Å². The second kappa shape index (κ2) is 4.30. The van der Waals surface area contributed by atoms with E-state index in [-0.39, 0.29) is 5.91 Å². The van der Waals surface area contributed by atoms with Crippen molar-refractivity contribution in [1.82, 2.24) is 4.90 Å². The zero-order valence-electron chi connectivity index (χ0n) is 8.78. The van der Waals surface area contributed by atoms with Gasteiger partial charge in [-0.1, -0.05) is 24.3 Å². The molecule has 0 unspecified atom stereocenters. The van der Waals surface area contributed by atoms with Crippen LogP contribution in [-0.2, 0) is 6.42 Å². The van der Waals surface area contributed by atoms with Crippen LogP contribution in [0.2, 0.25) is 0 Å². The molecule has 0 spiro atoms. The molecule has 0 aliphatic carbocycles. The third-order valence-electron chi connectivity index (χ3n) is 2.79. The van der Waals surface area contributed by atoms with E-state index in [1.165, 1.54) is 5.56 Å². The maximum Gasteiger partial charge on any atom is 0.254 e. The highest BCUT2D eigenvalue weighted by molar-refractivity contribution is 5.96. The van der Waals surface area contributed by atoms with Gasteiger partial charge in [0.1, 0.15) is 0 Å². The third-order valence-corrected chi connectivity index (χ3v) is 2.79. The zero-order valence-corrected chi connectivity index (χ0v) is 8.78. The van der Waals surface area contributed by atoms with Crippen molar-refractivity contribution in [2.24, 2.45) is 0 Å². The van der Waals surface area contributed by atoms with Crippen molar-refractivity contribution in [2.75, 3.05) is 13.1 Å². The van der Waals surface area contributed by atoms with E-state index in [0.717, 1.165) is 31.5 Å². The lowest BCUT2D eigenvalue weighted by atomic mass is 9.99. The summed E-state index contributed by atoms with van der Waals surface area (Å²) in [6.45, 7) is 5.30. The Kier molecular flexibility index (Phi) is 2.86. The molecule has 2 rings (SSSR count). The molecule has 2 heteroatoms. The molecule has 1 aromatic carbocycles. The predicted molar refractivity (Wildman–Crippen MR) is 60.9 cm³/mol. The first-order chi connectivity index (χ1) is 7.33. The van der Waals surface area contributed by atoms with Crippen LogP contribution in [0.25, 0.3) is 0 Å². The number of fused-ring (bicyclic) bond motifs is 1. The second-order valence-electron chi connectivity index (χ2n) is 3.78. The largest absolute Gasteiger partial charge is 0.338 e. The molecule has 0 radical (unpaired) electrons. The van der Waals surface area contributed by atoms with Gasteiger partial charge in [-0.2, -0.15) is 0 Å². The van der Waals surface area contributed by atoms with Crippen LogP contribution in [0.1, 0.15) is 22.3 Å². The van der Waals surface area contributed by atoms with E-state index in [1.54, 1.807) is 0 Å². The van der Waals surface area contributed by atoms with Crippen molar-refractivity contribution < 1.29 is 4.79 Å². The van der Waals surface area contributed by atoms with Crippen LogP contribution in [0.5, 0.6) is 0 Å². The average Bonchev–Trinajstić information content (AvgIpc) is 2.29. The minimum Gasteiger partial charge on any atom is -0.338 e. The van der Waals surface area contributed by atoms with Gasteiger partial charge in [0, 0.05) is 18.7 Å². The quantitative estimate of drug-likeness (QED) is 0.687. The minimum atomic E-state index is 0.165. The highest BCUT2D eigenvalue weighted by atomic mass is 16.2. The molecule has 2 nitrogen and oxygen atoms in total. The number of nitrogens with zero attached hydrogens (tertiary/aromatic N) is 1. The first-order valence-electron chi connectivity index (χ1n) is 5.31. The Morgan fingerprint density at radius 3 is 3.00 bits per heavy atom. The van der Waals surface area contributed by atoms with E-state index in [2.05, 4.69) is 6.58 Å². The Morgan fingerprint density at radius 1 is 1.40 bits per heavy atom. The number of carbonyl (C=O) groups is 1. The Morgan fingerprint density at radius 2 is 2.20 bits per heavy atom. The van der Waals surface area contributed by atoms with E-state index in [1.807, 2.05) is 35.2 Å². The molecule has 0 bridgehead atoms.